The number of rotatable bonds is 5. The Balaban J connectivity index is 2.36. The van der Waals surface area contributed by atoms with Gasteiger partial charge < -0.3 is 10.0 Å². The maximum Gasteiger partial charge on any atom is 0.339 e. The second-order valence-electron chi connectivity index (χ2n) is 4.52. The van der Waals surface area contributed by atoms with Crippen molar-refractivity contribution >= 4 is 11.7 Å². The molecule has 0 atom stereocenters. The molecule has 0 radical (unpaired) electrons. The Kier molecular flexibility index (Phi) is 4.30. The second kappa shape index (κ2) is 6.14. The van der Waals surface area contributed by atoms with Crippen LogP contribution in [0.3, 0.4) is 0 Å². The van der Waals surface area contributed by atoms with Crippen LogP contribution < -0.4 is 4.90 Å². The molecule has 0 unspecified atom stereocenters. The lowest BCUT2D eigenvalue weighted by Gasteiger charge is -2.25. The topological polar surface area (TPSA) is 66.3 Å². The molecule has 1 N–H and O–H groups in total. The van der Waals surface area contributed by atoms with Gasteiger partial charge in [-0.25, -0.2) is 4.79 Å². The summed E-state index contributed by atoms with van der Waals surface area (Å²) in [6.07, 6.45) is 4.89. The third-order valence-corrected chi connectivity index (χ3v) is 3.09. The van der Waals surface area contributed by atoms with E-state index in [1.54, 1.807) is 12.4 Å². The number of carboxylic acids is 1. The van der Waals surface area contributed by atoms with Crippen LogP contribution in [0.15, 0.2) is 36.8 Å². The summed E-state index contributed by atoms with van der Waals surface area (Å²) in [6.45, 7) is 5.22. The van der Waals surface area contributed by atoms with Crippen LogP contribution in [0.5, 0.6) is 0 Å². The number of anilines is 1. The molecular weight excluding hydrogens is 254 g/mol. The SMILES string of the molecule is CCN(Cc1ccncc1)c1cc(C)ncc1C(=O)O. The van der Waals surface area contributed by atoms with Gasteiger partial charge in [0, 0.05) is 37.4 Å². The highest BCUT2D eigenvalue weighted by Gasteiger charge is 2.16. The van der Waals surface area contributed by atoms with Gasteiger partial charge in [0.2, 0.25) is 0 Å². The largest absolute Gasteiger partial charge is 0.478 e. The van der Waals surface area contributed by atoms with E-state index < -0.39 is 5.97 Å². The zero-order valence-electron chi connectivity index (χ0n) is 11.6. The Labute approximate surface area is 117 Å². The number of aromatic carboxylic acids is 1. The lowest BCUT2D eigenvalue weighted by Crippen LogP contribution is -2.24. The van der Waals surface area contributed by atoms with E-state index in [1.807, 2.05) is 36.9 Å². The van der Waals surface area contributed by atoms with Crippen LogP contribution in [-0.2, 0) is 6.54 Å². The molecule has 104 valence electrons. The van der Waals surface area contributed by atoms with Gasteiger partial charge in [0.05, 0.1) is 5.69 Å². The summed E-state index contributed by atoms with van der Waals surface area (Å²) in [5.41, 5.74) is 2.82. The lowest BCUT2D eigenvalue weighted by molar-refractivity contribution is 0.0697. The monoisotopic (exact) mass is 271 g/mol. The highest BCUT2D eigenvalue weighted by molar-refractivity contribution is 5.94. The molecule has 2 rings (SSSR count). The maximum absolute atomic E-state index is 11.3. The Bertz CT molecular complexity index is 599. The first-order chi connectivity index (χ1) is 9.61. The van der Waals surface area contributed by atoms with Gasteiger partial charge in [-0.2, -0.15) is 0 Å². The van der Waals surface area contributed by atoms with Crippen LogP contribution in [0.1, 0.15) is 28.5 Å². The minimum absolute atomic E-state index is 0.228. The molecule has 0 aliphatic heterocycles. The molecule has 0 aliphatic rings. The van der Waals surface area contributed by atoms with Crippen molar-refractivity contribution in [2.24, 2.45) is 0 Å². The summed E-state index contributed by atoms with van der Waals surface area (Å²) in [5, 5.41) is 9.29. The van der Waals surface area contributed by atoms with Crippen LogP contribution in [0.4, 0.5) is 5.69 Å². The van der Waals surface area contributed by atoms with Crippen molar-refractivity contribution < 1.29 is 9.90 Å². The summed E-state index contributed by atoms with van der Waals surface area (Å²) in [6, 6.07) is 5.67. The van der Waals surface area contributed by atoms with Crippen molar-refractivity contribution in [3.8, 4) is 0 Å². The third kappa shape index (κ3) is 3.12. The highest BCUT2D eigenvalue weighted by Crippen LogP contribution is 2.22. The number of aromatic nitrogens is 2. The molecule has 2 aromatic heterocycles. The Morgan fingerprint density at radius 2 is 2.05 bits per heavy atom. The zero-order chi connectivity index (χ0) is 14.5. The van der Waals surface area contributed by atoms with Gasteiger partial charge >= 0.3 is 5.97 Å². The van der Waals surface area contributed by atoms with E-state index in [0.29, 0.717) is 18.8 Å². The lowest BCUT2D eigenvalue weighted by atomic mass is 10.1. The van der Waals surface area contributed by atoms with E-state index in [1.165, 1.54) is 6.20 Å². The molecule has 0 aliphatic carbocycles. The minimum atomic E-state index is -0.958. The van der Waals surface area contributed by atoms with Gasteiger partial charge in [-0.05, 0) is 37.6 Å². The molecule has 0 aromatic carbocycles. The summed E-state index contributed by atoms with van der Waals surface area (Å²) >= 11 is 0. The molecule has 0 saturated heterocycles. The number of nitrogens with zero attached hydrogens (tertiary/aromatic N) is 3. The molecule has 5 nitrogen and oxygen atoms in total. The predicted molar refractivity (Wildman–Crippen MR) is 76.9 cm³/mol. The molecule has 0 bridgehead atoms. The van der Waals surface area contributed by atoms with E-state index in [4.69, 9.17) is 0 Å². The first kappa shape index (κ1) is 14.0. The fourth-order valence-corrected chi connectivity index (χ4v) is 2.05. The number of carbonyl (C=O) groups is 1. The predicted octanol–water partition coefficient (Wildman–Crippen LogP) is 2.51. The van der Waals surface area contributed by atoms with Crippen molar-refractivity contribution in [1.29, 1.82) is 0 Å². The molecule has 0 saturated carbocycles. The van der Waals surface area contributed by atoms with Crippen LogP contribution >= 0.6 is 0 Å². The van der Waals surface area contributed by atoms with E-state index in [2.05, 4.69) is 9.97 Å². The second-order valence-corrected chi connectivity index (χ2v) is 4.52. The van der Waals surface area contributed by atoms with Gasteiger partial charge in [0.15, 0.2) is 0 Å². The van der Waals surface area contributed by atoms with Crippen LogP contribution in [0.2, 0.25) is 0 Å². The molecule has 0 spiro atoms. The van der Waals surface area contributed by atoms with E-state index >= 15 is 0 Å². The molecule has 0 fully saturated rings. The van der Waals surface area contributed by atoms with Gasteiger partial charge in [-0.3, -0.25) is 9.97 Å². The van der Waals surface area contributed by atoms with E-state index in [-0.39, 0.29) is 5.56 Å². The average Bonchev–Trinajstić information content (AvgIpc) is 2.45. The van der Waals surface area contributed by atoms with E-state index in [0.717, 1.165) is 11.3 Å². The van der Waals surface area contributed by atoms with Crippen LogP contribution in [-0.4, -0.2) is 27.6 Å². The Morgan fingerprint density at radius 1 is 1.35 bits per heavy atom. The summed E-state index contributed by atoms with van der Waals surface area (Å²) in [5.74, 6) is -0.958. The third-order valence-electron chi connectivity index (χ3n) is 3.09. The van der Waals surface area contributed by atoms with Crippen LogP contribution in [0, 0.1) is 6.92 Å². The fraction of sp³-hybridized carbons (Fsp3) is 0.267. The number of carboxylic acid groups (broad SMARTS) is 1. The van der Waals surface area contributed by atoms with Crippen LogP contribution in [0.25, 0.3) is 0 Å². The highest BCUT2D eigenvalue weighted by atomic mass is 16.4. The van der Waals surface area contributed by atoms with Gasteiger partial charge in [0.25, 0.3) is 0 Å². The van der Waals surface area contributed by atoms with Crippen molar-refractivity contribution in [1.82, 2.24) is 9.97 Å². The van der Waals surface area contributed by atoms with Gasteiger partial charge in [-0.1, -0.05) is 0 Å². The van der Waals surface area contributed by atoms with Gasteiger partial charge in [0.1, 0.15) is 5.56 Å². The van der Waals surface area contributed by atoms with Crippen molar-refractivity contribution in [3.05, 3.63) is 53.6 Å². The Morgan fingerprint density at radius 3 is 2.65 bits per heavy atom. The van der Waals surface area contributed by atoms with Gasteiger partial charge in [-0.15, -0.1) is 0 Å². The first-order valence-corrected chi connectivity index (χ1v) is 6.45. The smallest absolute Gasteiger partial charge is 0.339 e. The summed E-state index contributed by atoms with van der Waals surface area (Å²) in [7, 11) is 0. The number of hydrogen-bond acceptors (Lipinski definition) is 4. The summed E-state index contributed by atoms with van der Waals surface area (Å²) in [4.78, 5) is 21.4. The average molecular weight is 271 g/mol. The summed E-state index contributed by atoms with van der Waals surface area (Å²) < 4.78 is 0. The maximum atomic E-state index is 11.3. The number of pyridine rings is 2. The number of hydrogen-bond donors (Lipinski definition) is 1. The van der Waals surface area contributed by atoms with Crippen molar-refractivity contribution in [2.75, 3.05) is 11.4 Å². The van der Waals surface area contributed by atoms with Crippen molar-refractivity contribution in [3.63, 3.8) is 0 Å². The molecule has 2 aromatic rings. The number of aryl methyl sites for hydroxylation is 1. The molecular formula is C15H17N3O2. The molecule has 0 amide bonds. The van der Waals surface area contributed by atoms with Crippen molar-refractivity contribution in [2.45, 2.75) is 20.4 Å². The first-order valence-electron chi connectivity index (χ1n) is 6.45. The zero-order valence-corrected chi connectivity index (χ0v) is 11.6. The fourth-order valence-electron chi connectivity index (χ4n) is 2.05. The van der Waals surface area contributed by atoms with E-state index in [9.17, 15) is 9.90 Å². The standard InChI is InChI=1S/C15H17N3O2/c1-3-18(10-12-4-6-16-7-5-12)14-8-11(2)17-9-13(14)15(19)20/h4-9H,3,10H2,1-2H3,(H,19,20). The quantitative estimate of drug-likeness (QED) is 0.905. The molecule has 5 heteroatoms. The minimum Gasteiger partial charge on any atom is -0.478 e. The Hall–Kier alpha value is -2.43. The normalized spacial score (nSPS) is 10.3. The molecule has 20 heavy (non-hydrogen) atoms. The molecule has 2 heterocycles.